The Kier molecular flexibility index (Phi) is 3.42. The van der Waals surface area contributed by atoms with E-state index in [0.29, 0.717) is 0 Å². The van der Waals surface area contributed by atoms with Gasteiger partial charge in [0.1, 0.15) is 5.82 Å². The van der Waals surface area contributed by atoms with Crippen molar-refractivity contribution in [1.82, 2.24) is 14.8 Å². The number of para-hydroxylation sites is 1. The normalized spacial score (nSPS) is 13.0. The van der Waals surface area contributed by atoms with E-state index >= 15 is 0 Å². The quantitative estimate of drug-likeness (QED) is 0.781. The highest BCUT2D eigenvalue weighted by atomic mass is 79.9. The molecule has 0 saturated carbocycles. The Labute approximate surface area is 137 Å². The topological polar surface area (TPSA) is 42.7 Å². The lowest BCUT2D eigenvalue weighted by Gasteiger charge is -2.08. The second kappa shape index (κ2) is 5.57. The van der Waals surface area contributed by atoms with Gasteiger partial charge in [-0.05, 0) is 46.6 Å². The number of hydrogen-bond acceptors (Lipinski definition) is 3. The van der Waals surface area contributed by atoms with Gasteiger partial charge < -0.3 is 5.32 Å². The minimum atomic E-state index is 0.766. The van der Waals surface area contributed by atoms with E-state index in [0.717, 1.165) is 46.8 Å². The molecule has 0 aliphatic carbocycles. The Morgan fingerprint density at radius 3 is 2.82 bits per heavy atom. The van der Waals surface area contributed by atoms with Crippen LogP contribution < -0.4 is 5.32 Å². The van der Waals surface area contributed by atoms with Crippen LogP contribution in [0.5, 0.6) is 0 Å². The molecular weight excluding hydrogens is 340 g/mol. The van der Waals surface area contributed by atoms with E-state index in [1.807, 2.05) is 47.3 Å². The van der Waals surface area contributed by atoms with Crippen LogP contribution in [0.3, 0.4) is 0 Å². The number of rotatable bonds is 3. The molecule has 0 bridgehead atoms. The number of hydrogen-bond donors (Lipinski definition) is 1. The van der Waals surface area contributed by atoms with Crippen molar-refractivity contribution in [1.29, 1.82) is 0 Å². The van der Waals surface area contributed by atoms with Crippen LogP contribution in [0.1, 0.15) is 17.0 Å². The second-order valence-electron chi connectivity index (χ2n) is 5.31. The molecule has 1 aliphatic rings. The number of anilines is 1. The molecule has 0 radical (unpaired) electrons. The molecule has 4 nitrogen and oxygen atoms in total. The number of pyridine rings is 1. The summed E-state index contributed by atoms with van der Waals surface area (Å²) < 4.78 is 3.04. The summed E-state index contributed by atoms with van der Waals surface area (Å²) in [7, 11) is 0. The lowest BCUT2D eigenvalue weighted by Crippen LogP contribution is -2.06. The minimum absolute atomic E-state index is 0.766. The fourth-order valence-corrected chi connectivity index (χ4v) is 3.31. The predicted octanol–water partition coefficient (Wildman–Crippen LogP) is 3.59. The van der Waals surface area contributed by atoms with Crippen molar-refractivity contribution in [3.05, 3.63) is 70.1 Å². The van der Waals surface area contributed by atoms with Crippen LogP contribution in [0.25, 0.3) is 5.69 Å². The lowest BCUT2D eigenvalue weighted by molar-refractivity contribution is 0.831. The van der Waals surface area contributed by atoms with Gasteiger partial charge in [0.15, 0.2) is 0 Å². The largest absolute Gasteiger partial charge is 0.369 e. The first kappa shape index (κ1) is 13.5. The third-order valence-corrected chi connectivity index (χ3v) is 4.56. The summed E-state index contributed by atoms with van der Waals surface area (Å²) in [6.45, 7) is 0.965. The van der Waals surface area contributed by atoms with Gasteiger partial charge in [0.25, 0.3) is 0 Å². The summed E-state index contributed by atoms with van der Waals surface area (Å²) in [6, 6.07) is 14.2. The molecule has 1 aliphatic heterocycles. The maximum Gasteiger partial charge on any atom is 0.133 e. The Hall–Kier alpha value is -2.14. The van der Waals surface area contributed by atoms with E-state index in [9.17, 15) is 0 Å². The average molecular weight is 355 g/mol. The van der Waals surface area contributed by atoms with Gasteiger partial charge in [0.2, 0.25) is 0 Å². The van der Waals surface area contributed by atoms with Crippen molar-refractivity contribution in [2.75, 3.05) is 11.9 Å². The van der Waals surface area contributed by atoms with E-state index in [1.165, 1.54) is 5.56 Å². The van der Waals surface area contributed by atoms with Crippen LogP contribution in [-0.4, -0.2) is 21.3 Å². The zero-order chi connectivity index (χ0) is 14.9. The number of halogens is 1. The van der Waals surface area contributed by atoms with Gasteiger partial charge in [-0.1, -0.05) is 18.2 Å². The molecule has 1 N–H and O–H groups in total. The maximum atomic E-state index is 4.84. The van der Waals surface area contributed by atoms with Gasteiger partial charge in [-0.3, -0.25) is 4.98 Å². The summed E-state index contributed by atoms with van der Waals surface area (Å²) >= 11 is 3.62. The Bertz CT molecular complexity index is 811. The molecule has 1 aromatic carbocycles. The van der Waals surface area contributed by atoms with E-state index in [-0.39, 0.29) is 0 Å². The van der Waals surface area contributed by atoms with Crippen LogP contribution in [-0.2, 0) is 12.8 Å². The van der Waals surface area contributed by atoms with Crippen LogP contribution in [0.4, 0.5) is 5.82 Å². The summed E-state index contributed by atoms with van der Waals surface area (Å²) in [5.74, 6) is 1.11. The molecule has 0 spiro atoms. The molecule has 110 valence electrons. The molecule has 3 heterocycles. The van der Waals surface area contributed by atoms with Crippen LogP contribution >= 0.6 is 15.9 Å². The monoisotopic (exact) mass is 354 g/mol. The van der Waals surface area contributed by atoms with Crippen molar-refractivity contribution in [3.8, 4) is 5.69 Å². The highest BCUT2D eigenvalue weighted by molar-refractivity contribution is 9.10. The number of benzene rings is 1. The fourth-order valence-electron chi connectivity index (χ4n) is 2.86. The van der Waals surface area contributed by atoms with E-state index in [1.54, 1.807) is 0 Å². The first-order valence-electron chi connectivity index (χ1n) is 7.32. The van der Waals surface area contributed by atoms with Crippen LogP contribution in [0, 0.1) is 0 Å². The minimum Gasteiger partial charge on any atom is -0.369 e. The summed E-state index contributed by atoms with van der Waals surface area (Å²) in [5, 5.41) is 8.30. The van der Waals surface area contributed by atoms with E-state index in [4.69, 9.17) is 5.10 Å². The van der Waals surface area contributed by atoms with Crippen LogP contribution in [0.15, 0.2) is 53.1 Å². The molecule has 0 atom stereocenters. The van der Waals surface area contributed by atoms with Gasteiger partial charge in [0.05, 0.1) is 11.4 Å². The van der Waals surface area contributed by atoms with Crippen molar-refractivity contribution >= 4 is 21.7 Å². The molecule has 0 saturated heterocycles. The highest BCUT2D eigenvalue weighted by Crippen LogP contribution is 2.32. The molecule has 0 unspecified atom stereocenters. The molecule has 0 fully saturated rings. The second-order valence-corrected chi connectivity index (χ2v) is 6.17. The van der Waals surface area contributed by atoms with Crippen molar-refractivity contribution in [2.45, 2.75) is 12.8 Å². The number of fused-ring (bicyclic) bond motifs is 1. The SMILES string of the molecule is Brc1ccccc1-n1nc(Cc2ccccn2)c2c1NCC2. The Morgan fingerprint density at radius 2 is 2.00 bits per heavy atom. The van der Waals surface area contributed by atoms with Gasteiger partial charge in [-0.15, -0.1) is 0 Å². The van der Waals surface area contributed by atoms with Crippen LogP contribution in [0.2, 0.25) is 0 Å². The zero-order valence-corrected chi connectivity index (χ0v) is 13.5. The van der Waals surface area contributed by atoms with Crippen molar-refractivity contribution in [3.63, 3.8) is 0 Å². The first-order valence-corrected chi connectivity index (χ1v) is 8.11. The standard InChI is InChI=1S/C17H15BrN4/c18-14-6-1-2-7-16(14)22-17-13(8-10-20-17)15(21-22)11-12-5-3-4-9-19-12/h1-7,9,20H,8,10-11H2. The van der Waals surface area contributed by atoms with Crippen molar-refractivity contribution in [2.24, 2.45) is 0 Å². The lowest BCUT2D eigenvalue weighted by atomic mass is 10.1. The molecule has 5 heteroatoms. The number of nitrogens with one attached hydrogen (secondary N) is 1. The molecule has 22 heavy (non-hydrogen) atoms. The van der Waals surface area contributed by atoms with Gasteiger partial charge in [0, 0.05) is 34.9 Å². The van der Waals surface area contributed by atoms with Gasteiger partial charge >= 0.3 is 0 Å². The van der Waals surface area contributed by atoms with Gasteiger partial charge in [-0.2, -0.15) is 5.10 Å². The smallest absolute Gasteiger partial charge is 0.133 e. The average Bonchev–Trinajstić information content (AvgIpc) is 3.13. The Balaban J connectivity index is 1.79. The van der Waals surface area contributed by atoms with E-state index in [2.05, 4.69) is 32.3 Å². The summed E-state index contributed by atoms with van der Waals surface area (Å²) in [5.41, 5.74) is 4.52. The summed E-state index contributed by atoms with van der Waals surface area (Å²) in [6.07, 6.45) is 3.61. The first-order chi connectivity index (χ1) is 10.8. The fraction of sp³-hybridized carbons (Fsp3) is 0.176. The van der Waals surface area contributed by atoms with E-state index < -0.39 is 0 Å². The third kappa shape index (κ3) is 2.31. The molecule has 0 amide bonds. The van der Waals surface area contributed by atoms with Gasteiger partial charge in [-0.25, -0.2) is 4.68 Å². The molecule has 4 rings (SSSR count). The highest BCUT2D eigenvalue weighted by Gasteiger charge is 2.23. The third-order valence-electron chi connectivity index (χ3n) is 3.89. The molecular formula is C17H15BrN4. The van der Waals surface area contributed by atoms with Crippen molar-refractivity contribution < 1.29 is 0 Å². The molecule has 2 aromatic heterocycles. The zero-order valence-electron chi connectivity index (χ0n) is 12.0. The maximum absolute atomic E-state index is 4.84. The predicted molar refractivity (Wildman–Crippen MR) is 90.5 cm³/mol. The molecule has 3 aromatic rings. The Morgan fingerprint density at radius 1 is 1.14 bits per heavy atom. The number of nitrogens with zero attached hydrogens (tertiary/aromatic N) is 3. The number of aromatic nitrogens is 3. The summed E-state index contributed by atoms with van der Waals surface area (Å²) in [4.78, 5) is 4.42.